The number of piperidine rings is 1. The summed E-state index contributed by atoms with van der Waals surface area (Å²) in [5, 5.41) is 3.42. The summed E-state index contributed by atoms with van der Waals surface area (Å²) in [6.45, 7) is 4.46. The maximum atomic E-state index is 11.4. The molecule has 1 aromatic carbocycles. The fourth-order valence-electron chi connectivity index (χ4n) is 3.34. The number of aliphatic imine (C=N–C) groups is 1. The number of likely N-dealkylation sites (tertiary alicyclic amines) is 1. The molecule has 0 aromatic heterocycles. The molecule has 1 aliphatic rings. The first-order chi connectivity index (χ1) is 12.5. The van der Waals surface area contributed by atoms with Crippen molar-refractivity contribution >= 4 is 27.8 Å². The number of hydrogen-bond acceptors (Lipinski definition) is 3. The van der Waals surface area contributed by atoms with Crippen molar-refractivity contribution < 1.29 is 4.79 Å². The number of hydrogen-bond donors (Lipinski definition) is 2. The van der Waals surface area contributed by atoms with Gasteiger partial charge in [-0.3, -0.25) is 9.79 Å². The van der Waals surface area contributed by atoms with Gasteiger partial charge in [0, 0.05) is 38.2 Å². The first-order valence-corrected chi connectivity index (χ1v) is 9.97. The maximum absolute atomic E-state index is 11.4. The number of halogens is 1. The lowest BCUT2D eigenvalue weighted by Gasteiger charge is -2.31. The summed E-state index contributed by atoms with van der Waals surface area (Å²) < 4.78 is 1.11. The highest BCUT2D eigenvalue weighted by Gasteiger charge is 2.23. The number of amides is 1. The summed E-state index contributed by atoms with van der Waals surface area (Å²) in [5.74, 6) is 0.733. The van der Waals surface area contributed by atoms with Crippen LogP contribution >= 0.6 is 15.9 Å². The Labute approximate surface area is 165 Å². The van der Waals surface area contributed by atoms with Crippen LogP contribution in [0.2, 0.25) is 0 Å². The largest absolute Gasteiger partial charge is 0.369 e. The molecule has 1 aromatic rings. The Morgan fingerprint density at radius 2 is 2.23 bits per heavy atom. The average Bonchev–Trinajstić information content (AvgIpc) is 2.64. The van der Waals surface area contributed by atoms with Crippen LogP contribution in [0.1, 0.15) is 24.8 Å². The third kappa shape index (κ3) is 6.29. The molecule has 0 spiro atoms. The van der Waals surface area contributed by atoms with Gasteiger partial charge in [0.15, 0.2) is 5.96 Å². The fraction of sp³-hybridized carbons (Fsp3) is 0.579. The van der Waals surface area contributed by atoms with E-state index in [9.17, 15) is 4.79 Å². The molecular weight excluding hydrogens is 394 g/mol. The third-order valence-corrected chi connectivity index (χ3v) is 5.55. The van der Waals surface area contributed by atoms with Gasteiger partial charge in [0.25, 0.3) is 0 Å². The number of primary amides is 1. The summed E-state index contributed by atoms with van der Waals surface area (Å²) in [5.41, 5.74) is 6.67. The number of rotatable bonds is 7. The van der Waals surface area contributed by atoms with E-state index >= 15 is 0 Å². The summed E-state index contributed by atoms with van der Waals surface area (Å²) >= 11 is 3.59. The number of benzene rings is 1. The Bertz CT molecular complexity index is 622. The smallest absolute Gasteiger partial charge is 0.221 e. The summed E-state index contributed by atoms with van der Waals surface area (Å²) in [7, 11) is 3.85. The molecule has 1 aliphatic heterocycles. The maximum Gasteiger partial charge on any atom is 0.221 e. The highest BCUT2D eigenvalue weighted by Crippen LogP contribution is 2.17. The van der Waals surface area contributed by atoms with Crippen LogP contribution < -0.4 is 11.1 Å². The van der Waals surface area contributed by atoms with Crippen LogP contribution in [0.4, 0.5) is 0 Å². The molecule has 2 rings (SSSR count). The second-order valence-corrected chi connectivity index (χ2v) is 7.67. The second kappa shape index (κ2) is 10.5. The zero-order chi connectivity index (χ0) is 18.9. The minimum absolute atomic E-state index is 0.0138. The Morgan fingerprint density at radius 3 is 2.92 bits per heavy atom. The lowest BCUT2D eigenvalue weighted by molar-refractivity contribution is -0.123. The monoisotopic (exact) mass is 423 g/mol. The molecule has 1 saturated heterocycles. The quantitative estimate of drug-likeness (QED) is 0.399. The van der Waals surface area contributed by atoms with Gasteiger partial charge in [0.2, 0.25) is 5.91 Å². The Kier molecular flexibility index (Phi) is 8.38. The minimum Gasteiger partial charge on any atom is -0.369 e. The molecule has 1 unspecified atom stereocenters. The van der Waals surface area contributed by atoms with Gasteiger partial charge in [-0.25, -0.2) is 0 Å². The van der Waals surface area contributed by atoms with Crippen molar-refractivity contribution in [1.82, 2.24) is 15.1 Å². The van der Waals surface area contributed by atoms with E-state index in [0.29, 0.717) is 0 Å². The fourth-order valence-corrected chi connectivity index (χ4v) is 3.75. The number of guanidine groups is 1. The highest BCUT2D eigenvalue weighted by atomic mass is 79.9. The van der Waals surface area contributed by atoms with Crippen LogP contribution in [0.25, 0.3) is 0 Å². The number of nitrogens with zero attached hydrogens (tertiary/aromatic N) is 3. The van der Waals surface area contributed by atoms with Crippen LogP contribution in [-0.2, 0) is 11.3 Å². The van der Waals surface area contributed by atoms with E-state index in [0.717, 1.165) is 62.4 Å². The zero-order valence-electron chi connectivity index (χ0n) is 15.7. The van der Waals surface area contributed by atoms with Crippen molar-refractivity contribution in [2.24, 2.45) is 16.6 Å². The SMILES string of the molecule is CN=C(NCCCN1CCCC(C(N)=O)C1)N(C)Cc1ccccc1Br. The predicted molar refractivity (Wildman–Crippen MR) is 110 cm³/mol. The molecule has 26 heavy (non-hydrogen) atoms. The highest BCUT2D eigenvalue weighted by molar-refractivity contribution is 9.10. The molecule has 3 N–H and O–H groups in total. The molecular formula is C19H30BrN5O. The lowest BCUT2D eigenvalue weighted by Crippen LogP contribution is -2.43. The first-order valence-electron chi connectivity index (χ1n) is 9.18. The van der Waals surface area contributed by atoms with E-state index in [1.165, 1.54) is 5.56 Å². The van der Waals surface area contributed by atoms with Crippen LogP contribution in [0.15, 0.2) is 33.7 Å². The molecule has 1 amide bonds. The molecule has 1 atom stereocenters. The summed E-state index contributed by atoms with van der Waals surface area (Å²) in [4.78, 5) is 20.2. The molecule has 0 bridgehead atoms. The van der Waals surface area contributed by atoms with Gasteiger partial charge >= 0.3 is 0 Å². The van der Waals surface area contributed by atoms with Gasteiger partial charge in [-0.05, 0) is 44.0 Å². The molecule has 6 nitrogen and oxygen atoms in total. The van der Waals surface area contributed by atoms with Crippen molar-refractivity contribution in [2.45, 2.75) is 25.8 Å². The van der Waals surface area contributed by atoms with Crippen molar-refractivity contribution in [2.75, 3.05) is 40.3 Å². The van der Waals surface area contributed by atoms with Gasteiger partial charge in [0.1, 0.15) is 0 Å². The van der Waals surface area contributed by atoms with Crippen molar-refractivity contribution in [3.05, 3.63) is 34.3 Å². The standard InChI is InChI=1S/C19H30BrN5O/c1-22-19(24(2)13-15-7-3-4-9-17(15)20)23-10-6-12-25-11-5-8-16(14-25)18(21)26/h3-4,7,9,16H,5-6,8,10-14H2,1-2H3,(H2,21,26)(H,22,23). The van der Waals surface area contributed by atoms with Gasteiger partial charge in [-0.15, -0.1) is 0 Å². The topological polar surface area (TPSA) is 74.0 Å². The summed E-state index contributed by atoms with van der Waals surface area (Å²) in [6, 6.07) is 8.23. The molecule has 7 heteroatoms. The Morgan fingerprint density at radius 1 is 1.46 bits per heavy atom. The van der Waals surface area contributed by atoms with E-state index in [2.05, 4.69) is 48.2 Å². The van der Waals surface area contributed by atoms with Gasteiger partial charge in [-0.1, -0.05) is 34.1 Å². The van der Waals surface area contributed by atoms with E-state index in [1.807, 2.05) is 19.2 Å². The van der Waals surface area contributed by atoms with E-state index in [-0.39, 0.29) is 11.8 Å². The lowest BCUT2D eigenvalue weighted by atomic mass is 9.97. The Balaban J connectivity index is 1.73. The van der Waals surface area contributed by atoms with Gasteiger partial charge in [0.05, 0.1) is 5.92 Å². The number of carbonyl (C=O) groups is 1. The number of nitrogens with two attached hydrogens (primary N) is 1. The van der Waals surface area contributed by atoms with Crippen molar-refractivity contribution in [1.29, 1.82) is 0 Å². The molecule has 0 aliphatic carbocycles. The van der Waals surface area contributed by atoms with Crippen LogP contribution in [0, 0.1) is 5.92 Å². The number of nitrogens with one attached hydrogen (secondary N) is 1. The Hall–Kier alpha value is -1.60. The van der Waals surface area contributed by atoms with E-state index in [4.69, 9.17) is 5.73 Å². The van der Waals surface area contributed by atoms with E-state index in [1.54, 1.807) is 7.05 Å². The number of carbonyl (C=O) groups excluding carboxylic acids is 1. The van der Waals surface area contributed by atoms with Crippen molar-refractivity contribution in [3.63, 3.8) is 0 Å². The second-order valence-electron chi connectivity index (χ2n) is 6.82. The first kappa shape index (κ1) is 20.7. The zero-order valence-corrected chi connectivity index (χ0v) is 17.3. The van der Waals surface area contributed by atoms with Gasteiger partial charge < -0.3 is 20.9 Å². The average molecular weight is 424 g/mol. The van der Waals surface area contributed by atoms with E-state index < -0.39 is 0 Å². The summed E-state index contributed by atoms with van der Waals surface area (Å²) in [6.07, 6.45) is 2.99. The molecule has 0 saturated carbocycles. The molecule has 144 valence electrons. The molecule has 1 fully saturated rings. The molecule has 0 radical (unpaired) electrons. The predicted octanol–water partition coefficient (Wildman–Crippen LogP) is 2.04. The third-order valence-electron chi connectivity index (χ3n) is 4.78. The van der Waals surface area contributed by atoms with Gasteiger partial charge in [-0.2, -0.15) is 0 Å². The van der Waals surface area contributed by atoms with Crippen LogP contribution in [0.5, 0.6) is 0 Å². The normalized spacial score (nSPS) is 18.6. The van der Waals surface area contributed by atoms with Crippen molar-refractivity contribution in [3.8, 4) is 0 Å². The minimum atomic E-state index is -0.165. The van der Waals surface area contributed by atoms with Crippen LogP contribution in [-0.4, -0.2) is 61.9 Å². The molecule has 1 heterocycles. The van der Waals surface area contributed by atoms with Crippen LogP contribution in [0.3, 0.4) is 0 Å².